The molecule has 4 rings (SSSR count). The van der Waals surface area contributed by atoms with Crippen LogP contribution in [0.1, 0.15) is 0 Å². The number of rotatable bonds is 3. The maximum atomic E-state index is 5.26. The van der Waals surface area contributed by atoms with Crippen LogP contribution in [-0.2, 0) is 0 Å². The van der Waals surface area contributed by atoms with Crippen molar-refractivity contribution >= 4 is 16.7 Å². The molecule has 0 spiro atoms. The van der Waals surface area contributed by atoms with Gasteiger partial charge in [0.2, 0.25) is 0 Å². The van der Waals surface area contributed by atoms with Gasteiger partial charge in [-0.15, -0.1) is 5.10 Å². The molecule has 0 radical (unpaired) electrons. The van der Waals surface area contributed by atoms with E-state index in [1.807, 2.05) is 28.9 Å². The Morgan fingerprint density at radius 1 is 0.917 bits per heavy atom. The van der Waals surface area contributed by atoms with Gasteiger partial charge < -0.3 is 14.5 Å². The first kappa shape index (κ1) is 15.0. The van der Waals surface area contributed by atoms with E-state index in [1.165, 1.54) is 5.39 Å². The molecule has 0 atom stereocenters. The smallest absolute Gasteiger partial charge is 0.159 e. The van der Waals surface area contributed by atoms with Gasteiger partial charge in [-0.25, -0.2) is 4.68 Å². The number of hydrogen-bond acceptors (Lipinski definition) is 4. The van der Waals surface area contributed by atoms with Crippen molar-refractivity contribution in [1.82, 2.24) is 14.7 Å². The fourth-order valence-corrected chi connectivity index (χ4v) is 3.22. The lowest BCUT2D eigenvalue weighted by Crippen LogP contribution is -2.44. The Morgan fingerprint density at radius 2 is 1.62 bits per heavy atom. The SMILES string of the molecule is COc1ccc(-n2nc(N3CCN(C)CC3)c3ccccc32)cc1. The number of para-hydroxylation sites is 1. The summed E-state index contributed by atoms with van der Waals surface area (Å²) < 4.78 is 7.29. The fraction of sp³-hybridized carbons (Fsp3) is 0.316. The third kappa shape index (κ3) is 2.61. The molecule has 3 aromatic rings. The predicted octanol–water partition coefficient (Wildman–Crippen LogP) is 2.79. The first-order valence-electron chi connectivity index (χ1n) is 8.32. The number of piperazine rings is 1. The summed E-state index contributed by atoms with van der Waals surface area (Å²) in [6.45, 7) is 4.17. The van der Waals surface area contributed by atoms with Crippen LogP contribution in [0.25, 0.3) is 16.6 Å². The summed E-state index contributed by atoms with van der Waals surface area (Å²) in [7, 11) is 3.86. The zero-order valence-electron chi connectivity index (χ0n) is 14.1. The summed E-state index contributed by atoms with van der Waals surface area (Å²) >= 11 is 0. The molecule has 1 saturated heterocycles. The van der Waals surface area contributed by atoms with E-state index in [9.17, 15) is 0 Å². The zero-order valence-corrected chi connectivity index (χ0v) is 14.1. The number of hydrogen-bond donors (Lipinski definition) is 0. The van der Waals surface area contributed by atoms with Crippen molar-refractivity contribution in [2.45, 2.75) is 0 Å². The van der Waals surface area contributed by atoms with Crippen LogP contribution in [0.3, 0.4) is 0 Å². The number of nitrogens with zero attached hydrogens (tertiary/aromatic N) is 4. The van der Waals surface area contributed by atoms with Gasteiger partial charge in [0, 0.05) is 31.6 Å². The molecule has 124 valence electrons. The lowest BCUT2D eigenvalue weighted by Gasteiger charge is -2.32. The highest BCUT2D eigenvalue weighted by Crippen LogP contribution is 2.29. The van der Waals surface area contributed by atoms with Crippen molar-refractivity contribution in [2.75, 3.05) is 45.2 Å². The van der Waals surface area contributed by atoms with Crippen LogP contribution in [-0.4, -0.2) is 55.0 Å². The quantitative estimate of drug-likeness (QED) is 0.742. The van der Waals surface area contributed by atoms with Crippen molar-refractivity contribution in [3.63, 3.8) is 0 Å². The number of benzene rings is 2. The second kappa shape index (κ2) is 6.17. The molecule has 0 aliphatic carbocycles. The van der Waals surface area contributed by atoms with Crippen LogP contribution in [0, 0.1) is 0 Å². The fourth-order valence-electron chi connectivity index (χ4n) is 3.22. The Balaban J connectivity index is 1.78. The first-order chi connectivity index (χ1) is 11.8. The molecule has 0 bridgehead atoms. The first-order valence-corrected chi connectivity index (χ1v) is 8.32. The Bertz CT molecular complexity index is 832. The highest BCUT2D eigenvalue weighted by Gasteiger charge is 2.20. The summed E-state index contributed by atoms with van der Waals surface area (Å²) in [6.07, 6.45) is 0. The van der Waals surface area contributed by atoms with E-state index >= 15 is 0 Å². The highest BCUT2D eigenvalue weighted by molar-refractivity contribution is 5.91. The van der Waals surface area contributed by atoms with Crippen molar-refractivity contribution in [3.8, 4) is 11.4 Å². The van der Waals surface area contributed by atoms with Crippen molar-refractivity contribution in [3.05, 3.63) is 48.5 Å². The Hall–Kier alpha value is -2.53. The van der Waals surface area contributed by atoms with Crippen LogP contribution in [0.4, 0.5) is 5.82 Å². The topological polar surface area (TPSA) is 33.5 Å². The average Bonchev–Trinajstić information content (AvgIpc) is 3.02. The van der Waals surface area contributed by atoms with E-state index < -0.39 is 0 Å². The van der Waals surface area contributed by atoms with Gasteiger partial charge in [-0.2, -0.15) is 0 Å². The summed E-state index contributed by atoms with van der Waals surface area (Å²) in [5, 5.41) is 6.15. The highest BCUT2D eigenvalue weighted by atomic mass is 16.5. The van der Waals surface area contributed by atoms with Crippen molar-refractivity contribution < 1.29 is 4.74 Å². The second-order valence-corrected chi connectivity index (χ2v) is 6.24. The molecular formula is C19H22N4O. The molecule has 0 N–H and O–H groups in total. The number of anilines is 1. The molecule has 2 aromatic carbocycles. The van der Waals surface area contributed by atoms with Crippen LogP contribution >= 0.6 is 0 Å². The van der Waals surface area contributed by atoms with Crippen molar-refractivity contribution in [1.29, 1.82) is 0 Å². The zero-order chi connectivity index (χ0) is 16.5. The summed E-state index contributed by atoms with van der Waals surface area (Å²) in [6, 6.07) is 16.5. The molecular weight excluding hydrogens is 300 g/mol. The molecule has 1 aliphatic heterocycles. The van der Waals surface area contributed by atoms with E-state index in [1.54, 1.807) is 7.11 Å². The van der Waals surface area contributed by atoms with Crippen LogP contribution in [0.15, 0.2) is 48.5 Å². The Kier molecular flexibility index (Phi) is 3.86. The van der Waals surface area contributed by atoms with Crippen LogP contribution in [0.5, 0.6) is 5.75 Å². The Morgan fingerprint density at radius 3 is 2.33 bits per heavy atom. The summed E-state index contributed by atoms with van der Waals surface area (Å²) in [5.74, 6) is 1.93. The maximum Gasteiger partial charge on any atom is 0.159 e. The molecule has 5 nitrogen and oxygen atoms in total. The third-order valence-corrected chi connectivity index (χ3v) is 4.69. The second-order valence-electron chi connectivity index (χ2n) is 6.24. The molecule has 0 saturated carbocycles. The minimum Gasteiger partial charge on any atom is -0.497 e. The molecule has 0 unspecified atom stereocenters. The van der Waals surface area contributed by atoms with E-state index in [-0.39, 0.29) is 0 Å². The number of ether oxygens (including phenoxy) is 1. The minimum atomic E-state index is 0.856. The van der Waals surface area contributed by atoms with Gasteiger partial charge in [-0.3, -0.25) is 0 Å². The van der Waals surface area contributed by atoms with Gasteiger partial charge in [-0.05, 0) is 43.4 Å². The third-order valence-electron chi connectivity index (χ3n) is 4.69. The average molecular weight is 322 g/mol. The lowest BCUT2D eigenvalue weighted by molar-refractivity contribution is 0.312. The molecule has 1 aliphatic rings. The van der Waals surface area contributed by atoms with E-state index in [0.29, 0.717) is 0 Å². The molecule has 24 heavy (non-hydrogen) atoms. The van der Waals surface area contributed by atoms with Gasteiger partial charge in [0.05, 0.1) is 18.3 Å². The standard InChI is InChI=1S/C19H22N4O/c1-21-11-13-22(14-12-21)19-17-5-3-4-6-18(17)23(20-19)15-7-9-16(24-2)10-8-15/h3-10H,11-14H2,1-2H3. The van der Waals surface area contributed by atoms with E-state index in [0.717, 1.165) is 49.0 Å². The molecule has 0 amide bonds. The monoisotopic (exact) mass is 322 g/mol. The molecule has 1 aromatic heterocycles. The van der Waals surface area contributed by atoms with Gasteiger partial charge in [0.25, 0.3) is 0 Å². The molecule has 1 fully saturated rings. The van der Waals surface area contributed by atoms with Gasteiger partial charge in [-0.1, -0.05) is 12.1 Å². The van der Waals surface area contributed by atoms with Crippen LogP contribution in [0.2, 0.25) is 0 Å². The van der Waals surface area contributed by atoms with E-state index in [4.69, 9.17) is 9.84 Å². The largest absolute Gasteiger partial charge is 0.497 e. The lowest BCUT2D eigenvalue weighted by atomic mass is 10.2. The summed E-state index contributed by atoms with van der Waals surface area (Å²) in [5.41, 5.74) is 2.18. The molecule has 2 heterocycles. The number of fused-ring (bicyclic) bond motifs is 1. The van der Waals surface area contributed by atoms with Gasteiger partial charge in [0.15, 0.2) is 5.82 Å². The van der Waals surface area contributed by atoms with Gasteiger partial charge in [0.1, 0.15) is 5.75 Å². The van der Waals surface area contributed by atoms with Gasteiger partial charge >= 0.3 is 0 Å². The Labute approximate surface area is 142 Å². The number of likely N-dealkylation sites (N-methyl/N-ethyl adjacent to an activating group) is 1. The van der Waals surface area contributed by atoms with E-state index in [2.05, 4.69) is 41.1 Å². The summed E-state index contributed by atoms with van der Waals surface area (Å²) in [4.78, 5) is 4.75. The van der Waals surface area contributed by atoms with Crippen molar-refractivity contribution in [2.24, 2.45) is 0 Å². The number of methoxy groups -OCH3 is 1. The number of aromatic nitrogens is 2. The normalized spacial score (nSPS) is 15.8. The predicted molar refractivity (Wildman–Crippen MR) is 97.3 cm³/mol. The van der Waals surface area contributed by atoms with Crippen LogP contribution < -0.4 is 9.64 Å². The maximum absolute atomic E-state index is 5.26. The molecule has 5 heteroatoms. The minimum absolute atomic E-state index is 0.856.